The molecule has 9 heteroatoms. The number of benzene rings is 3. The summed E-state index contributed by atoms with van der Waals surface area (Å²) in [5.74, 6) is 0.473. The molecule has 0 amide bonds. The van der Waals surface area contributed by atoms with Crippen molar-refractivity contribution in [1.29, 1.82) is 0 Å². The first-order valence-corrected chi connectivity index (χ1v) is 9.88. The van der Waals surface area contributed by atoms with E-state index in [1.807, 2.05) is 0 Å². The van der Waals surface area contributed by atoms with Crippen molar-refractivity contribution in [3.05, 3.63) is 104 Å². The van der Waals surface area contributed by atoms with Crippen LogP contribution in [0.4, 0.5) is 5.69 Å². The van der Waals surface area contributed by atoms with Gasteiger partial charge in [0.15, 0.2) is 5.76 Å². The van der Waals surface area contributed by atoms with Gasteiger partial charge in [0, 0.05) is 16.5 Å². The van der Waals surface area contributed by atoms with Gasteiger partial charge in [0.25, 0.3) is 11.2 Å². The number of rotatable bonds is 4. The van der Waals surface area contributed by atoms with E-state index in [9.17, 15) is 14.9 Å². The maximum atomic E-state index is 13.2. The Hall–Kier alpha value is -4.30. The normalized spacial score (nSPS) is 11.5. The second-order valence-corrected chi connectivity index (χ2v) is 7.36. The summed E-state index contributed by atoms with van der Waals surface area (Å²) in [5.41, 5.74) is 0.737. The largest absolute Gasteiger partial charge is 0.453 e. The molecule has 5 rings (SSSR count). The molecule has 0 bridgehead atoms. The Morgan fingerprint density at radius 3 is 2.69 bits per heavy atom. The molecule has 0 aliphatic carbocycles. The van der Waals surface area contributed by atoms with Crippen LogP contribution in [-0.2, 0) is 0 Å². The van der Waals surface area contributed by atoms with Crippen LogP contribution in [0.3, 0.4) is 0 Å². The molecule has 0 aliphatic heterocycles. The first-order valence-electron chi connectivity index (χ1n) is 9.50. The predicted molar refractivity (Wildman–Crippen MR) is 122 cm³/mol. The van der Waals surface area contributed by atoms with Gasteiger partial charge in [0.2, 0.25) is 5.82 Å². The zero-order valence-electron chi connectivity index (χ0n) is 16.3. The SMILES string of the molecule is O=c1c2ccccc2nc(-c2cc3cc(Cl)ccc3o2)n1N=Cc1ccccc1[N+](=O)[O-]. The topological polar surface area (TPSA) is 104 Å². The van der Waals surface area contributed by atoms with Crippen molar-refractivity contribution in [3.8, 4) is 11.6 Å². The number of furan rings is 1. The van der Waals surface area contributed by atoms with Gasteiger partial charge >= 0.3 is 0 Å². The van der Waals surface area contributed by atoms with Crippen LogP contribution in [-0.4, -0.2) is 20.8 Å². The lowest BCUT2D eigenvalue weighted by molar-refractivity contribution is -0.385. The number of hydrogen-bond acceptors (Lipinski definition) is 6. The van der Waals surface area contributed by atoms with Crippen molar-refractivity contribution < 1.29 is 9.34 Å². The molecule has 0 fully saturated rings. The van der Waals surface area contributed by atoms with Crippen LogP contribution in [0.15, 0.2) is 87.1 Å². The highest BCUT2D eigenvalue weighted by molar-refractivity contribution is 6.31. The Kier molecular flexibility index (Phi) is 4.76. The lowest BCUT2D eigenvalue weighted by Crippen LogP contribution is -2.20. The number of nitro groups is 1. The number of aromatic nitrogens is 2. The van der Waals surface area contributed by atoms with E-state index in [0.717, 1.165) is 10.1 Å². The number of fused-ring (bicyclic) bond motifs is 2. The van der Waals surface area contributed by atoms with E-state index >= 15 is 0 Å². The monoisotopic (exact) mass is 444 g/mol. The molecule has 0 spiro atoms. The Bertz CT molecular complexity index is 1600. The Morgan fingerprint density at radius 2 is 1.84 bits per heavy atom. The molecule has 2 aromatic heterocycles. The maximum Gasteiger partial charge on any atom is 0.282 e. The molecule has 3 aromatic carbocycles. The van der Waals surface area contributed by atoms with Crippen molar-refractivity contribution in [2.45, 2.75) is 0 Å². The fourth-order valence-corrected chi connectivity index (χ4v) is 3.58. The van der Waals surface area contributed by atoms with Crippen LogP contribution >= 0.6 is 11.6 Å². The van der Waals surface area contributed by atoms with E-state index < -0.39 is 10.5 Å². The molecular formula is C23H13ClN4O4. The summed E-state index contributed by atoms with van der Waals surface area (Å²) >= 11 is 6.08. The standard InChI is InChI=1S/C23H13ClN4O4/c24-16-9-10-20-15(11-16)12-21(32-20)22-26-18-7-3-2-6-17(18)23(29)27(22)25-13-14-5-1-4-8-19(14)28(30)31/h1-13H. The van der Waals surface area contributed by atoms with Crippen molar-refractivity contribution in [2.75, 3.05) is 0 Å². The Morgan fingerprint density at radius 1 is 1.06 bits per heavy atom. The van der Waals surface area contributed by atoms with E-state index in [-0.39, 0.29) is 17.1 Å². The van der Waals surface area contributed by atoms with Gasteiger partial charge in [-0.15, -0.1) is 0 Å². The fraction of sp³-hybridized carbons (Fsp3) is 0. The lowest BCUT2D eigenvalue weighted by Gasteiger charge is -2.07. The predicted octanol–water partition coefficient (Wildman–Crippen LogP) is 5.25. The molecule has 5 aromatic rings. The van der Waals surface area contributed by atoms with E-state index in [0.29, 0.717) is 27.3 Å². The summed E-state index contributed by atoms with van der Waals surface area (Å²) < 4.78 is 6.99. The molecular weight excluding hydrogens is 432 g/mol. The summed E-state index contributed by atoms with van der Waals surface area (Å²) in [4.78, 5) is 28.6. The van der Waals surface area contributed by atoms with Crippen LogP contribution in [0, 0.1) is 10.1 Å². The molecule has 0 saturated carbocycles. The minimum absolute atomic E-state index is 0.127. The summed E-state index contributed by atoms with van der Waals surface area (Å²) in [6, 6.07) is 19.9. The highest BCUT2D eigenvalue weighted by Crippen LogP contribution is 2.29. The minimum atomic E-state index is -0.507. The zero-order chi connectivity index (χ0) is 22.2. The number of nitrogens with zero attached hydrogens (tertiary/aromatic N) is 4. The van der Waals surface area contributed by atoms with Crippen LogP contribution in [0.5, 0.6) is 0 Å². The van der Waals surface area contributed by atoms with E-state index in [2.05, 4.69) is 10.1 Å². The number of nitro benzene ring substituents is 1. The second kappa shape index (κ2) is 7.75. The first kappa shape index (κ1) is 19.7. The van der Waals surface area contributed by atoms with Gasteiger partial charge in [-0.1, -0.05) is 35.9 Å². The van der Waals surface area contributed by atoms with Crippen molar-refractivity contribution in [3.63, 3.8) is 0 Å². The van der Waals surface area contributed by atoms with Crippen molar-refractivity contribution >= 4 is 45.4 Å². The third-order valence-electron chi connectivity index (χ3n) is 4.90. The molecule has 0 radical (unpaired) electrons. The van der Waals surface area contributed by atoms with Gasteiger partial charge in [-0.2, -0.15) is 9.78 Å². The average molecular weight is 445 g/mol. The second-order valence-electron chi connectivity index (χ2n) is 6.92. The molecule has 2 heterocycles. The molecule has 0 unspecified atom stereocenters. The molecule has 32 heavy (non-hydrogen) atoms. The Balaban J connectivity index is 1.75. The molecule has 0 saturated heterocycles. The number of para-hydroxylation sites is 2. The van der Waals surface area contributed by atoms with Crippen LogP contribution in [0.1, 0.15) is 5.56 Å². The number of halogens is 1. The quantitative estimate of drug-likeness (QED) is 0.214. The molecule has 8 nitrogen and oxygen atoms in total. The lowest BCUT2D eigenvalue weighted by atomic mass is 10.2. The average Bonchev–Trinajstić information content (AvgIpc) is 3.21. The molecule has 156 valence electrons. The van der Waals surface area contributed by atoms with Gasteiger partial charge in [-0.05, 0) is 42.5 Å². The fourth-order valence-electron chi connectivity index (χ4n) is 3.40. The zero-order valence-corrected chi connectivity index (χ0v) is 17.1. The summed E-state index contributed by atoms with van der Waals surface area (Å²) in [6.07, 6.45) is 1.26. The number of hydrogen-bond donors (Lipinski definition) is 0. The van der Waals surface area contributed by atoms with Crippen molar-refractivity contribution in [1.82, 2.24) is 9.66 Å². The smallest absolute Gasteiger partial charge is 0.282 e. The third-order valence-corrected chi connectivity index (χ3v) is 5.13. The summed E-state index contributed by atoms with van der Waals surface area (Å²) in [6.45, 7) is 0. The van der Waals surface area contributed by atoms with Crippen LogP contribution in [0.2, 0.25) is 5.02 Å². The highest BCUT2D eigenvalue weighted by atomic mass is 35.5. The van der Waals surface area contributed by atoms with Gasteiger partial charge in [0.1, 0.15) is 5.58 Å². The van der Waals surface area contributed by atoms with Gasteiger partial charge in [-0.25, -0.2) is 4.98 Å². The van der Waals surface area contributed by atoms with E-state index in [4.69, 9.17) is 16.0 Å². The Labute approximate surface area is 185 Å². The maximum absolute atomic E-state index is 13.2. The summed E-state index contributed by atoms with van der Waals surface area (Å²) in [7, 11) is 0. The molecule has 0 aliphatic rings. The van der Waals surface area contributed by atoms with Gasteiger partial charge in [0.05, 0.1) is 27.6 Å². The van der Waals surface area contributed by atoms with Crippen LogP contribution < -0.4 is 5.56 Å². The molecule has 0 atom stereocenters. The van der Waals surface area contributed by atoms with Gasteiger partial charge in [-0.3, -0.25) is 14.9 Å². The van der Waals surface area contributed by atoms with Crippen molar-refractivity contribution in [2.24, 2.45) is 5.10 Å². The van der Waals surface area contributed by atoms with Gasteiger partial charge < -0.3 is 4.42 Å². The minimum Gasteiger partial charge on any atom is -0.453 e. The van der Waals surface area contributed by atoms with Crippen LogP contribution in [0.25, 0.3) is 33.5 Å². The van der Waals surface area contributed by atoms with E-state index in [1.165, 1.54) is 12.3 Å². The van der Waals surface area contributed by atoms with E-state index in [1.54, 1.807) is 66.7 Å². The first-order chi connectivity index (χ1) is 15.5. The third kappa shape index (κ3) is 3.42. The summed E-state index contributed by atoms with van der Waals surface area (Å²) in [5, 5.41) is 17.2. The molecule has 0 N–H and O–H groups in total. The highest BCUT2D eigenvalue weighted by Gasteiger charge is 2.17.